The third kappa shape index (κ3) is 4.65. The zero-order chi connectivity index (χ0) is 20.1. The standard InChI is InChI=1S/C23H26BrN5/c1-17-9-5-6-12-19(17)21-15-22(29-23(28-21)20(24)16-27-29)26-14-8-7-13-25-18-10-3-2-4-11-18/h2-6,9-12,15-16,21,25-26,28H,7-8,13-14H2,1H3. The number of para-hydroxylation sites is 1. The highest BCUT2D eigenvalue weighted by Gasteiger charge is 2.23. The Labute approximate surface area is 180 Å². The van der Waals surface area contributed by atoms with Gasteiger partial charge in [0.1, 0.15) is 11.6 Å². The number of halogens is 1. The van der Waals surface area contributed by atoms with Crippen LogP contribution in [0.3, 0.4) is 0 Å². The lowest BCUT2D eigenvalue weighted by Crippen LogP contribution is -2.27. The van der Waals surface area contributed by atoms with E-state index in [2.05, 4.69) is 98.5 Å². The molecule has 2 heterocycles. The van der Waals surface area contributed by atoms with Crippen molar-refractivity contribution in [2.45, 2.75) is 25.8 Å². The third-order valence-corrected chi connectivity index (χ3v) is 5.69. The van der Waals surface area contributed by atoms with Gasteiger partial charge in [0.25, 0.3) is 0 Å². The molecule has 4 rings (SSSR count). The minimum atomic E-state index is 0.110. The van der Waals surface area contributed by atoms with E-state index in [0.717, 1.165) is 42.0 Å². The maximum absolute atomic E-state index is 4.51. The summed E-state index contributed by atoms with van der Waals surface area (Å²) in [6.45, 7) is 4.02. The molecule has 0 radical (unpaired) electrons. The number of benzene rings is 2. The molecule has 0 saturated heterocycles. The Bertz CT molecular complexity index is 980. The highest BCUT2D eigenvalue weighted by atomic mass is 79.9. The summed E-state index contributed by atoms with van der Waals surface area (Å²) in [7, 11) is 0. The zero-order valence-electron chi connectivity index (χ0n) is 16.5. The highest BCUT2D eigenvalue weighted by molar-refractivity contribution is 9.10. The molecule has 0 spiro atoms. The van der Waals surface area contributed by atoms with Crippen molar-refractivity contribution in [3.8, 4) is 0 Å². The largest absolute Gasteiger partial charge is 0.385 e. The number of nitrogens with zero attached hydrogens (tertiary/aromatic N) is 2. The topological polar surface area (TPSA) is 53.9 Å². The van der Waals surface area contributed by atoms with E-state index in [-0.39, 0.29) is 6.04 Å². The molecule has 6 heteroatoms. The van der Waals surface area contributed by atoms with E-state index in [0.29, 0.717) is 0 Å². The van der Waals surface area contributed by atoms with E-state index in [1.54, 1.807) is 0 Å². The maximum atomic E-state index is 4.51. The highest BCUT2D eigenvalue weighted by Crippen LogP contribution is 2.34. The fourth-order valence-electron chi connectivity index (χ4n) is 3.55. The molecule has 150 valence electrons. The van der Waals surface area contributed by atoms with Crippen LogP contribution in [0.25, 0.3) is 5.82 Å². The molecule has 29 heavy (non-hydrogen) atoms. The number of fused-ring (bicyclic) bond motifs is 1. The van der Waals surface area contributed by atoms with Gasteiger partial charge in [-0.05, 0) is 65.0 Å². The molecule has 0 saturated carbocycles. The second-order valence-corrected chi connectivity index (χ2v) is 8.06. The summed E-state index contributed by atoms with van der Waals surface area (Å²) < 4.78 is 2.90. The van der Waals surface area contributed by atoms with E-state index in [4.69, 9.17) is 0 Å². The molecule has 0 amide bonds. The molecular formula is C23H26BrN5. The molecule has 5 nitrogen and oxygen atoms in total. The summed E-state index contributed by atoms with van der Waals surface area (Å²) in [5.74, 6) is 2.00. The summed E-state index contributed by atoms with van der Waals surface area (Å²) in [4.78, 5) is 0. The van der Waals surface area contributed by atoms with E-state index < -0.39 is 0 Å². The minimum absolute atomic E-state index is 0.110. The van der Waals surface area contributed by atoms with Gasteiger partial charge in [-0.3, -0.25) is 0 Å². The van der Waals surface area contributed by atoms with Gasteiger partial charge in [-0.1, -0.05) is 42.5 Å². The molecule has 1 atom stereocenters. The van der Waals surface area contributed by atoms with Crippen molar-refractivity contribution in [1.82, 2.24) is 15.1 Å². The van der Waals surface area contributed by atoms with Crippen LogP contribution >= 0.6 is 15.9 Å². The monoisotopic (exact) mass is 451 g/mol. The third-order valence-electron chi connectivity index (χ3n) is 5.11. The first-order chi connectivity index (χ1) is 14.2. The first kappa shape index (κ1) is 19.6. The predicted molar refractivity (Wildman–Crippen MR) is 124 cm³/mol. The van der Waals surface area contributed by atoms with Gasteiger partial charge < -0.3 is 16.0 Å². The molecule has 3 aromatic rings. The van der Waals surface area contributed by atoms with Crippen LogP contribution in [0.5, 0.6) is 0 Å². The lowest BCUT2D eigenvalue weighted by Gasteiger charge is -2.27. The fourth-order valence-corrected chi connectivity index (χ4v) is 3.92. The van der Waals surface area contributed by atoms with Crippen LogP contribution < -0.4 is 16.0 Å². The normalized spacial score (nSPS) is 15.2. The van der Waals surface area contributed by atoms with Crippen molar-refractivity contribution in [2.24, 2.45) is 0 Å². The molecular weight excluding hydrogens is 426 g/mol. The number of hydrogen-bond acceptors (Lipinski definition) is 4. The van der Waals surface area contributed by atoms with Crippen LogP contribution in [0.2, 0.25) is 0 Å². The summed E-state index contributed by atoms with van der Waals surface area (Å²) in [6.07, 6.45) is 6.24. The van der Waals surface area contributed by atoms with Crippen molar-refractivity contribution >= 4 is 33.3 Å². The minimum Gasteiger partial charge on any atom is -0.385 e. The van der Waals surface area contributed by atoms with E-state index in [1.165, 1.54) is 16.8 Å². The molecule has 0 bridgehead atoms. The van der Waals surface area contributed by atoms with E-state index in [1.807, 2.05) is 16.9 Å². The van der Waals surface area contributed by atoms with Gasteiger partial charge in [0.05, 0.1) is 16.7 Å². The Hall–Kier alpha value is -2.73. The van der Waals surface area contributed by atoms with Gasteiger partial charge in [-0.15, -0.1) is 0 Å². The number of aryl methyl sites for hydroxylation is 1. The second kappa shape index (κ2) is 9.18. The van der Waals surface area contributed by atoms with Crippen LogP contribution in [0.4, 0.5) is 11.5 Å². The van der Waals surface area contributed by atoms with Gasteiger partial charge >= 0.3 is 0 Å². The van der Waals surface area contributed by atoms with Crippen molar-refractivity contribution in [3.63, 3.8) is 0 Å². The smallest absolute Gasteiger partial charge is 0.146 e. The number of hydrogen-bond donors (Lipinski definition) is 3. The van der Waals surface area contributed by atoms with Crippen LogP contribution in [-0.2, 0) is 0 Å². The SMILES string of the molecule is Cc1ccccc1C1C=C(NCCCCNc2ccccc2)n2ncc(Br)c2N1. The van der Waals surface area contributed by atoms with Gasteiger partial charge in [0, 0.05) is 18.8 Å². The number of unbranched alkanes of at least 4 members (excludes halogenated alkanes) is 1. The molecule has 1 aromatic heterocycles. The number of nitrogens with one attached hydrogen (secondary N) is 3. The van der Waals surface area contributed by atoms with E-state index in [9.17, 15) is 0 Å². The van der Waals surface area contributed by atoms with Gasteiger partial charge in [-0.25, -0.2) is 4.68 Å². The number of anilines is 2. The van der Waals surface area contributed by atoms with Crippen LogP contribution in [0.15, 0.2) is 71.3 Å². The Morgan fingerprint density at radius 1 is 1.00 bits per heavy atom. The first-order valence-electron chi connectivity index (χ1n) is 10.0. The molecule has 0 fully saturated rings. The summed E-state index contributed by atoms with van der Waals surface area (Å²) in [6, 6.07) is 18.9. The predicted octanol–water partition coefficient (Wildman–Crippen LogP) is 5.40. The van der Waals surface area contributed by atoms with Crippen molar-refractivity contribution in [2.75, 3.05) is 23.7 Å². The molecule has 1 aliphatic rings. The Morgan fingerprint density at radius 3 is 2.52 bits per heavy atom. The van der Waals surface area contributed by atoms with Crippen LogP contribution in [0, 0.1) is 6.92 Å². The Kier molecular flexibility index (Phi) is 6.20. The molecule has 1 unspecified atom stereocenters. The average Bonchev–Trinajstić information content (AvgIpc) is 3.12. The first-order valence-corrected chi connectivity index (χ1v) is 10.8. The Balaban J connectivity index is 1.37. The molecule has 0 aliphatic carbocycles. The zero-order valence-corrected chi connectivity index (χ0v) is 18.1. The van der Waals surface area contributed by atoms with Crippen LogP contribution in [0.1, 0.15) is 30.0 Å². The lowest BCUT2D eigenvalue weighted by molar-refractivity contribution is 0.682. The van der Waals surface area contributed by atoms with Gasteiger partial charge in [0.2, 0.25) is 0 Å². The van der Waals surface area contributed by atoms with Gasteiger partial charge in [-0.2, -0.15) is 5.10 Å². The summed E-state index contributed by atoms with van der Waals surface area (Å²) >= 11 is 3.61. The number of aromatic nitrogens is 2. The molecule has 2 aromatic carbocycles. The Morgan fingerprint density at radius 2 is 1.72 bits per heavy atom. The van der Waals surface area contributed by atoms with E-state index >= 15 is 0 Å². The van der Waals surface area contributed by atoms with Crippen molar-refractivity contribution in [1.29, 1.82) is 0 Å². The summed E-state index contributed by atoms with van der Waals surface area (Å²) in [5, 5.41) is 15.1. The molecule has 1 aliphatic heterocycles. The molecule has 3 N–H and O–H groups in total. The summed E-state index contributed by atoms with van der Waals surface area (Å²) in [5.41, 5.74) is 3.73. The number of rotatable bonds is 8. The lowest BCUT2D eigenvalue weighted by atomic mass is 10.00. The van der Waals surface area contributed by atoms with Crippen molar-refractivity contribution < 1.29 is 0 Å². The maximum Gasteiger partial charge on any atom is 0.146 e. The van der Waals surface area contributed by atoms with Gasteiger partial charge in [0.15, 0.2) is 0 Å². The fraction of sp³-hybridized carbons (Fsp3) is 0.261. The van der Waals surface area contributed by atoms with Crippen molar-refractivity contribution in [3.05, 3.63) is 82.5 Å². The quantitative estimate of drug-likeness (QED) is 0.401. The second-order valence-electron chi connectivity index (χ2n) is 7.21. The van der Waals surface area contributed by atoms with Crippen LogP contribution in [-0.4, -0.2) is 22.9 Å². The average molecular weight is 452 g/mol.